The highest BCUT2D eigenvalue weighted by Crippen LogP contribution is 2.67. The summed E-state index contributed by atoms with van der Waals surface area (Å²) in [4.78, 5) is 0. The van der Waals surface area contributed by atoms with Crippen LogP contribution in [0.5, 0.6) is 0 Å². The molecule has 3 saturated carbocycles. The molecule has 2 nitrogen and oxygen atoms in total. The van der Waals surface area contributed by atoms with Gasteiger partial charge in [0.05, 0.1) is 12.2 Å². The van der Waals surface area contributed by atoms with E-state index in [1.165, 1.54) is 38.5 Å². The fraction of sp³-hybridized carbons (Fsp3) is 0.926. The Balaban J connectivity index is 1.51. The molecule has 2 N–H and O–H groups in total. The number of aliphatic hydroxyl groups excluding tert-OH is 2. The van der Waals surface area contributed by atoms with E-state index in [1.807, 2.05) is 0 Å². The lowest BCUT2D eigenvalue weighted by Crippen LogP contribution is -2.51. The maximum atomic E-state index is 11.0. The fourth-order valence-electron chi connectivity index (χ4n) is 8.58. The minimum absolute atomic E-state index is 0.108. The molecule has 0 aromatic carbocycles. The third-order valence-electron chi connectivity index (χ3n) is 10.4. The molecule has 9 atom stereocenters. The zero-order valence-corrected chi connectivity index (χ0v) is 19.7. The van der Waals surface area contributed by atoms with E-state index in [4.69, 9.17) is 0 Å². The summed E-state index contributed by atoms with van der Waals surface area (Å²) in [5.41, 5.74) is 2.33. The molecule has 0 amide bonds. The van der Waals surface area contributed by atoms with Gasteiger partial charge in [-0.05, 0) is 111 Å². The third-order valence-corrected chi connectivity index (χ3v) is 10.4. The SMILES string of the molecule is CC(C)CC[C@@H](O)[C@@H](C)[C@H]1CCC2C3CC=C4C[C@@H](O)CC[C@]4(C)C3CC[C@@]21C. The largest absolute Gasteiger partial charge is 0.393 e. The van der Waals surface area contributed by atoms with E-state index in [1.54, 1.807) is 5.57 Å². The van der Waals surface area contributed by atoms with Crippen LogP contribution in [0.4, 0.5) is 0 Å². The number of hydrogen-bond acceptors (Lipinski definition) is 2. The van der Waals surface area contributed by atoms with Crippen molar-refractivity contribution in [3.63, 3.8) is 0 Å². The molecule has 0 radical (unpaired) electrons. The van der Waals surface area contributed by atoms with Crippen LogP contribution in [0.15, 0.2) is 11.6 Å². The van der Waals surface area contributed by atoms with Crippen LogP contribution < -0.4 is 0 Å². The molecule has 0 bridgehead atoms. The Morgan fingerprint density at radius 3 is 2.48 bits per heavy atom. The number of rotatable bonds is 5. The second kappa shape index (κ2) is 7.97. The van der Waals surface area contributed by atoms with Gasteiger partial charge in [0.15, 0.2) is 0 Å². The molecule has 0 heterocycles. The van der Waals surface area contributed by atoms with Gasteiger partial charge in [-0.25, -0.2) is 0 Å². The molecule has 4 aliphatic rings. The monoisotopic (exact) mass is 402 g/mol. The van der Waals surface area contributed by atoms with Gasteiger partial charge in [-0.2, -0.15) is 0 Å². The molecule has 29 heavy (non-hydrogen) atoms. The lowest BCUT2D eigenvalue weighted by atomic mass is 9.47. The Hall–Kier alpha value is -0.340. The topological polar surface area (TPSA) is 40.5 Å². The highest BCUT2D eigenvalue weighted by molar-refractivity contribution is 5.25. The first-order chi connectivity index (χ1) is 13.7. The summed E-state index contributed by atoms with van der Waals surface area (Å²) in [6.07, 6.45) is 14.1. The summed E-state index contributed by atoms with van der Waals surface area (Å²) >= 11 is 0. The van der Waals surface area contributed by atoms with E-state index in [2.05, 4.69) is 40.7 Å². The van der Waals surface area contributed by atoms with Crippen molar-refractivity contribution in [1.82, 2.24) is 0 Å². The Kier molecular flexibility index (Phi) is 6.01. The summed E-state index contributed by atoms with van der Waals surface area (Å²) < 4.78 is 0. The van der Waals surface area contributed by atoms with Crippen LogP contribution in [0, 0.1) is 46.3 Å². The predicted octanol–water partition coefficient (Wildman–Crippen LogP) is 6.36. The average molecular weight is 403 g/mol. The zero-order valence-electron chi connectivity index (χ0n) is 19.7. The second-order valence-electron chi connectivity index (χ2n) is 12.3. The first kappa shape index (κ1) is 21.9. The van der Waals surface area contributed by atoms with E-state index < -0.39 is 0 Å². The highest BCUT2D eigenvalue weighted by atomic mass is 16.3. The lowest BCUT2D eigenvalue weighted by Gasteiger charge is -2.58. The Morgan fingerprint density at radius 2 is 1.76 bits per heavy atom. The molecular formula is C27H46O2. The van der Waals surface area contributed by atoms with Crippen LogP contribution in [0.3, 0.4) is 0 Å². The van der Waals surface area contributed by atoms with Crippen molar-refractivity contribution in [2.45, 2.75) is 111 Å². The maximum Gasteiger partial charge on any atom is 0.0577 e. The van der Waals surface area contributed by atoms with E-state index in [0.29, 0.717) is 28.6 Å². The normalized spacial score (nSPS) is 46.5. The number of allylic oxidation sites excluding steroid dienone is 1. The van der Waals surface area contributed by atoms with Crippen molar-refractivity contribution < 1.29 is 10.2 Å². The first-order valence-electron chi connectivity index (χ1n) is 12.7. The Morgan fingerprint density at radius 1 is 1.00 bits per heavy atom. The van der Waals surface area contributed by atoms with E-state index in [9.17, 15) is 10.2 Å². The maximum absolute atomic E-state index is 11.0. The zero-order chi connectivity index (χ0) is 21.0. The minimum atomic E-state index is -0.133. The minimum Gasteiger partial charge on any atom is -0.393 e. The number of hydrogen-bond donors (Lipinski definition) is 2. The van der Waals surface area contributed by atoms with Crippen molar-refractivity contribution in [3.05, 3.63) is 11.6 Å². The van der Waals surface area contributed by atoms with Crippen molar-refractivity contribution in [2.24, 2.45) is 46.3 Å². The van der Waals surface area contributed by atoms with Crippen molar-refractivity contribution in [1.29, 1.82) is 0 Å². The molecule has 3 fully saturated rings. The van der Waals surface area contributed by atoms with E-state index in [-0.39, 0.29) is 12.2 Å². The van der Waals surface area contributed by atoms with Gasteiger partial charge in [-0.3, -0.25) is 0 Å². The molecule has 2 heteroatoms. The van der Waals surface area contributed by atoms with Gasteiger partial charge < -0.3 is 10.2 Å². The molecular weight excluding hydrogens is 356 g/mol. The van der Waals surface area contributed by atoms with Crippen LogP contribution in [0.2, 0.25) is 0 Å². The molecule has 4 aliphatic carbocycles. The van der Waals surface area contributed by atoms with Gasteiger partial charge in [0, 0.05) is 0 Å². The Labute approximate surface area is 179 Å². The molecule has 0 spiro atoms. The van der Waals surface area contributed by atoms with E-state index >= 15 is 0 Å². The molecule has 0 saturated heterocycles. The van der Waals surface area contributed by atoms with Crippen molar-refractivity contribution in [3.8, 4) is 0 Å². The van der Waals surface area contributed by atoms with Gasteiger partial charge in [0.25, 0.3) is 0 Å². The van der Waals surface area contributed by atoms with Gasteiger partial charge in [0.2, 0.25) is 0 Å². The highest BCUT2D eigenvalue weighted by Gasteiger charge is 2.59. The molecule has 0 aromatic rings. The third kappa shape index (κ3) is 3.65. The summed E-state index contributed by atoms with van der Waals surface area (Å²) in [5, 5.41) is 21.2. The smallest absolute Gasteiger partial charge is 0.0577 e. The standard InChI is InChI=1S/C27H46O2/c1-17(2)6-11-25(29)18(3)22-9-10-23-21-8-7-19-16-20(28)12-14-26(19,4)24(21)13-15-27(22,23)5/h7,17-18,20-25,28-29H,6,8-16H2,1-5H3/t18-,20-,21?,22+,23?,24?,25+,26-,27+/m0/s1. The second-order valence-corrected chi connectivity index (χ2v) is 12.3. The van der Waals surface area contributed by atoms with Crippen LogP contribution in [-0.2, 0) is 0 Å². The van der Waals surface area contributed by atoms with Crippen LogP contribution in [-0.4, -0.2) is 22.4 Å². The van der Waals surface area contributed by atoms with Gasteiger partial charge >= 0.3 is 0 Å². The summed E-state index contributed by atoms with van der Waals surface area (Å²) in [5.74, 6) is 4.25. The quantitative estimate of drug-likeness (QED) is 0.525. The van der Waals surface area contributed by atoms with Crippen molar-refractivity contribution in [2.75, 3.05) is 0 Å². The fourth-order valence-corrected chi connectivity index (χ4v) is 8.58. The predicted molar refractivity (Wildman–Crippen MR) is 120 cm³/mol. The van der Waals surface area contributed by atoms with Gasteiger partial charge in [0.1, 0.15) is 0 Å². The lowest BCUT2D eigenvalue weighted by molar-refractivity contribution is -0.0681. The van der Waals surface area contributed by atoms with Crippen LogP contribution in [0.25, 0.3) is 0 Å². The van der Waals surface area contributed by atoms with Crippen molar-refractivity contribution >= 4 is 0 Å². The van der Waals surface area contributed by atoms with Gasteiger partial charge in [-0.15, -0.1) is 0 Å². The first-order valence-corrected chi connectivity index (χ1v) is 12.7. The average Bonchev–Trinajstić information content (AvgIpc) is 3.03. The molecule has 0 aliphatic heterocycles. The molecule has 166 valence electrons. The van der Waals surface area contributed by atoms with Gasteiger partial charge in [-0.1, -0.05) is 46.3 Å². The number of fused-ring (bicyclic) bond motifs is 5. The molecule has 4 rings (SSSR count). The van der Waals surface area contributed by atoms with Crippen LogP contribution >= 0.6 is 0 Å². The Bertz CT molecular complexity index is 624. The molecule has 0 aromatic heterocycles. The summed E-state index contributed by atoms with van der Waals surface area (Å²) in [6, 6.07) is 0. The summed E-state index contributed by atoms with van der Waals surface area (Å²) in [7, 11) is 0. The molecule has 3 unspecified atom stereocenters. The summed E-state index contributed by atoms with van der Waals surface area (Å²) in [6.45, 7) is 12.0. The van der Waals surface area contributed by atoms with E-state index in [0.717, 1.165) is 43.4 Å². The van der Waals surface area contributed by atoms with Crippen LogP contribution in [0.1, 0.15) is 98.8 Å². The number of aliphatic hydroxyl groups is 2.